The van der Waals surface area contributed by atoms with Gasteiger partial charge in [-0.15, -0.1) is 12.4 Å². The van der Waals surface area contributed by atoms with Gasteiger partial charge in [0.2, 0.25) is 5.91 Å². The van der Waals surface area contributed by atoms with Gasteiger partial charge in [0, 0.05) is 25.3 Å². The van der Waals surface area contributed by atoms with Gasteiger partial charge in [0.05, 0.1) is 6.61 Å². The van der Waals surface area contributed by atoms with Crippen molar-refractivity contribution >= 4 is 18.3 Å². The van der Waals surface area contributed by atoms with Gasteiger partial charge in [-0.2, -0.15) is 0 Å². The van der Waals surface area contributed by atoms with Crippen molar-refractivity contribution in [3.63, 3.8) is 0 Å². The van der Waals surface area contributed by atoms with E-state index in [0.717, 1.165) is 12.1 Å². The number of nitrogens with two attached hydrogens (primary N) is 1. The van der Waals surface area contributed by atoms with Crippen molar-refractivity contribution in [2.45, 2.75) is 12.6 Å². The molecule has 0 aliphatic carbocycles. The first-order valence-corrected chi connectivity index (χ1v) is 5.00. The van der Waals surface area contributed by atoms with Crippen LogP contribution >= 0.6 is 12.4 Å². The number of ether oxygens (including phenoxy) is 1. The average Bonchev–Trinajstić information content (AvgIpc) is 2.27. The fourth-order valence-electron chi connectivity index (χ4n) is 1.23. The van der Waals surface area contributed by atoms with Crippen LogP contribution in [0.3, 0.4) is 0 Å². The van der Waals surface area contributed by atoms with Crippen LogP contribution in [0.4, 0.5) is 8.78 Å². The third-order valence-corrected chi connectivity index (χ3v) is 2.15. The Hall–Kier alpha value is -1.24. The molecule has 1 rings (SSSR count). The molecule has 18 heavy (non-hydrogen) atoms. The second-order valence-corrected chi connectivity index (χ2v) is 3.52. The fourth-order valence-corrected chi connectivity index (χ4v) is 1.23. The van der Waals surface area contributed by atoms with Crippen LogP contribution in [0.1, 0.15) is 5.56 Å². The Labute approximate surface area is 110 Å². The fraction of sp³-hybridized carbons (Fsp3) is 0.364. The number of hydrogen-bond acceptors (Lipinski definition) is 3. The van der Waals surface area contributed by atoms with Gasteiger partial charge in [0.1, 0.15) is 17.7 Å². The summed E-state index contributed by atoms with van der Waals surface area (Å²) in [7, 11) is 1.42. The maximum atomic E-state index is 13.2. The number of nitrogens with one attached hydrogen (secondary N) is 1. The van der Waals surface area contributed by atoms with Crippen molar-refractivity contribution in [3.8, 4) is 0 Å². The van der Waals surface area contributed by atoms with E-state index in [1.165, 1.54) is 13.2 Å². The van der Waals surface area contributed by atoms with Gasteiger partial charge in [-0.05, 0) is 6.07 Å². The summed E-state index contributed by atoms with van der Waals surface area (Å²) in [5, 5.41) is 2.44. The van der Waals surface area contributed by atoms with E-state index < -0.39 is 23.6 Å². The molecule has 3 N–H and O–H groups in total. The Balaban J connectivity index is 0.00000289. The van der Waals surface area contributed by atoms with Crippen molar-refractivity contribution in [2.75, 3.05) is 13.7 Å². The van der Waals surface area contributed by atoms with E-state index in [4.69, 9.17) is 10.5 Å². The smallest absolute Gasteiger partial charge is 0.239 e. The van der Waals surface area contributed by atoms with E-state index in [9.17, 15) is 13.6 Å². The summed E-state index contributed by atoms with van der Waals surface area (Å²) in [6.45, 7) is 0.0418. The van der Waals surface area contributed by atoms with Gasteiger partial charge in [-0.25, -0.2) is 8.78 Å². The van der Waals surface area contributed by atoms with Crippen LogP contribution < -0.4 is 11.1 Å². The number of halogens is 3. The lowest BCUT2D eigenvalue weighted by Crippen LogP contribution is -2.43. The number of rotatable bonds is 5. The summed E-state index contributed by atoms with van der Waals surface area (Å²) in [4.78, 5) is 11.4. The lowest BCUT2D eigenvalue weighted by Gasteiger charge is -2.11. The molecule has 1 aromatic rings. The number of carbonyl (C=O) groups is 1. The van der Waals surface area contributed by atoms with Gasteiger partial charge < -0.3 is 15.8 Å². The predicted octanol–water partition coefficient (Wildman–Crippen LogP) is 0.977. The Morgan fingerprint density at radius 2 is 2.17 bits per heavy atom. The van der Waals surface area contributed by atoms with E-state index in [1.807, 2.05) is 0 Å². The van der Waals surface area contributed by atoms with Crippen molar-refractivity contribution in [1.29, 1.82) is 0 Å². The number of hydrogen-bond donors (Lipinski definition) is 2. The minimum atomic E-state index is -0.802. The maximum absolute atomic E-state index is 13.2. The molecule has 4 nitrogen and oxygen atoms in total. The number of methoxy groups -OCH3 is 1. The molecule has 0 aliphatic heterocycles. The quantitative estimate of drug-likeness (QED) is 0.845. The van der Waals surface area contributed by atoms with Crippen LogP contribution in [0.25, 0.3) is 0 Å². The first-order valence-electron chi connectivity index (χ1n) is 5.00. The SMILES string of the molecule is COCC(N)C(=O)NCc1ccc(F)cc1F.Cl. The highest BCUT2D eigenvalue weighted by atomic mass is 35.5. The second-order valence-electron chi connectivity index (χ2n) is 3.52. The van der Waals surface area contributed by atoms with Crippen LogP contribution in [-0.4, -0.2) is 25.7 Å². The van der Waals surface area contributed by atoms with Gasteiger partial charge in [-0.3, -0.25) is 4.79 Å². The van der Waals surface area contributed by atoms with Gasteiger partial charge in [0.25, 0.3) is 0 Å². The lowest BCUT2D eigenvalue weighted by molar-refractivity contribution is -0.123. The minimum Gasteiger partial charge on any atom is -0.383 e. The van der Waals surface area contributed by atoms with Gasteiger partial charge in [0.15, 0.2) is 0 Å². The van der Waals surface area contributed by atoms with Crippen LogP contribution in [0, 0.1) is 11.6 Å². The summed E-state index contributed by atoms with van der Waals surface area (Å²) >= 11 is 0. The van der Waals surface area contributed by atoms with Gasteiger partial charge in [-0.1, -0.05) is 6.07 Å². The first kappa shape index (κ1) is 16.8. The van der Waals surface area contributed by atoms with Crippen LogP contribution in [0.2, 0.25) is 0 Å². The molecule has 0 radical (unpaired) electrons. The molecule has 7 heteroatoms. The highest BCUT2D eigenvalue weighted by molar-refractivity contribution is 5.85. The molecule has 0 aromatic heterocycles. The summed E-state index contributed by atoms with van der Waals surface area (Å²) in [5.41, 5.74) is 5.66. The van der Waals surface area contributed by atoms with E-state index in [1.54, 1.807) is 0 Å². The second kappa shape index (κ2) is 7.97. The van der Waals surface area contributed by atoms with E-state index in [0.29, 0.717) is 0 Å². The molecule has 102 valence electrons. The molecule has 0 heterocycles. The molecule has 0 saturated heterocycles. The average molecular weight is 281 g/mol. The molecular formula is C11H15ClF2N2O2. The van der Waals surface area contributed by atoms with Crippen molar-refractivity contribution in [3.05, 3.63) is 35.4 Å². The summed E-state index contributed by atoms with van der Waals surface area (Å²) < 4.78 is 30.5. The zero-order valence-corrected chi connectivity index (χ0v) is 10.6. The number of benzene rings is 1. The zero-order valence-electron chi connectivity index (χ0n) is 9.78. The molecule has 0 saturated carbocycles. The Bertz CT molecular complexity index is 405. The van der Waals surface area contributed by atoms with E-state index in [2.05, 4.69) is 5.32 Å². The standard InChI is InChI=1S/C11H14F2N2O2.ClH/c1-17-6-10(14)11(16)15-5-7-2-3-8(12)4-9(7)13;/h2-4,10H,5-6,14H2,1H3,(H,15,16);1H. The van der Waals surface area contributed by atoms with Gasteiger partial charge >= 0.3 is 0 Å². The van der Waals surface area contributed by atoms with Crippen LogP contribution in [-0.2, 0) is 16.1 Å². The van der Waals surface area contributed by atoms with E-state index >= 15 is 0 Å². The van der Waals surface area contributed by atoms with Crippen LogP contribution in [0.5, 0.6) is 0 Å². The summed E-state index contributed by atoms with van der Waals surface area (Å²) in [6.07, 6.45) is 0. The number of amides is 1. The third kappa shape index (κ3) is 4.95. The van der Waals surface area contributed by atoms with Crippen molar-refractivity contribution in [2.24, 2.45) is 5.73 Å². The van der Waals surface area contributed by atoms with Crippen LogP contribution in [0.15, 0.2) is 18.2 Å². The maximum Gasteiger partial charge on any atom is 0.239 e. The van der Waals surface area contributed by atoms with Crippen molar-refractivity contribution in [1.82, 2.24) is 5.32 Å². The molecule has 1 atom stereocenters. The zero-order chi connectivity index (χ0) is 12.8. The summed E-state index contributed by atoms with van der Waals surface area (Å²) in [6, 6.07) is 2.35. The molecule has 1 aromatic carbocycles. The predicted molar refractivity (Wildman–Crippen MR) is 65.3 cm³/mol. The molecule has 0 spiro atoms. The molecule has 0 fully saturated rings. The summed E-state index contributed by atoms with van der Waals surface area (Å²) in [5.74, 6) is -1.81. The largest absolute Gasteiger partial charge is 0.383 e. The minimum absolute atomic E-state index is 0. The molecule has 0 bridgehead atoms. The molecular weight excluding hydrogens is 266 g/mol. The first-order chi connectivity index (χ1) is 8.04. The molecule has 1 unspecified atom stereocenters. The third-order valence-electron chi connectivity index (χ3n) is 2.15. The Kier molecular flexibility index (Phi) is 7.42. The highest BCUT2D eigenvalue weighted by Gasteiger charge is 2.13. The monoisotopic (exact) mass is 280 g/mol. The van der Waals surface area contributed by atoms with E-state index in [-0.39, 0.29) is 31.1 Å². The normalized spacial score (nSPS) is 11.6. The molecule has 1 amide bonds. The molecule has 0 aliphatic rings. The lowest BCUT2D eigenvalue weighted by atomic mass is 10.2. The Morgan fingerprint density at radius 3 is 2.72 bits per heavy atom. The van der Waals surface area contributed by atoms with Crippen molar-refractivity contribution < 1.29 is 18.3 Å². The Morgan fingerprint density at radius 1 is 1.50 bits per heavy atom. The number of carbonyl (C=O) groups excluding carboxylic acids is 1. The highest BCUT2D eigenvalue weighted by Crippen LogP contribution is 2.08. The topological polar surface area (TPSA) is 64.3 Å².